The summed E-state index contributed by atoms with van der Waals surface area (Å²) in [5.41, 5.74) is -4.48. The first-order valence-electron chi connectivity index (χ1n) is 18.3. The van der Waals surface area contributed by atoms with Crippen LogP contribution in [0.25, 0.3) is 0 Å². The zero-order valence-electron chi connectivity index (χ0n) is 31.4. The first-order valence-corrected chi connectivity index (χ1v) is 19.8. The van der Waals surface area contributed by atoms with Crippen LogP contribution in [-0.2, 0) is 51.8 Å². The molecule has 0 aromatic heterocycles. The normalized spacial score (nSPS) is 25.1. The third kappa shape index (κ3) is 8.80. The molecule has 298 valence electrons. The molecule has 16 nitrogen and oxygen atoms in total. The number of rotatable bonds is 13. The minimum atomic E-state index is -4.05. The molecule has 0 bridgehead atoms. The predicted octanol–water partition coefficient (Wildman–Crippen LogP) is 2.36. The van der Waals surface area contributed by atoms with Crippen LogP contribution in [0.5, 0.6) is 0 Å². The van der Waals surface area contributed by atoms with Crippen LogP contribution in [-0.4, -0.2) is 99.8 Å². The van der Waals surface area contributed by atoms with Gasteiger partial charge in [-0.25, -0.2) is 22.4 Å². The first-order chi connectivity index (χ1) is 25.1. The molecule has 3 fully saturated rings. The molecule has 0 radical (unpaired) electrons. The van der Waals surface area contributed by atoms with Crippen LogP contribution in [0, 0.1) is 17.7 Å². The molecule has 6 atom stereocenters. The summed E-state index contributed by atoms with van der Waals surface area (Å²) in [6.45, 7) is 8.99. The molecule has 18 heteroatoms. The van der Waals surface area contributed by atoms with Crippen molar-refractivity contribution in [2.45, 2.75) is 134 Å². The highest BCUT2D eigenvalue weighted by atomic mass is 32.2. The molecule has 6 unspecified atom stereocenters. The van der Waals surface area contributed by atoms with Crippen molar-refractivity contribution in [2.75, 3.05) is 6.54 Å². The van der Waals surface area contributed by atoms with Crippen LogP contribution >= 0.6 is 0 Å². The van der Waals surface area contributed by atoms with Gasteiger partial charge in [-0.3, -0.25) is 34.1 Å². The van der Waals surface area contributed by atoms with Gasteiger partial charge in [0.05, 0.1) is 18.3 Å². The number of carbonyl (C=O) groups excluding carboxylic acids is 6. The summed E-state index contributed by atoms with van der Waals surface area (Å²) in [4.78, 5) is 83.1. The maximum Gasteiger partial charge on any atom is 0.410 e. The summed E-state index contributed by atoms with van der Waals surface area (Å²) in [6.07, 6.45) is -2.27. The van der Waals surface area contributed by atoms with E-state index in [1.807, 2.05) is 0 Å². The number of nitrogens with one attached hydrogen (secondary N) is 3. The Morgan fingerprint density at radius 3 is 2.39 bits per heavy atom. The van der Waals surface area contributed by atoms with Gasteiger partial charge >= 0.3 is 12.2 Å². The lowest BCUT2D eigenvalue weighted by molar-refractivity contribution is -0.159. The Morgan fingerprint density at radius 1 is 1.11 bits per heavy atom. The molecule has 2 aliphatic heterocycles. The van der Waals surface area contributed by atoms with Gasteiger partial charge in [0, 0.05) is 36.8 Å². The molecule has 4 N–H and O–H groups in total. The van der Waals surface area contributed by atoms with E-state index in [2.05, 4.69) is 15.4 Å². The highest BCUT2D eigenvalue weighted by molar-refractivity contribution is 7.91. The second-order valence-electron chi connectivity index (χ2n) is 15.9. The molecule has 4 aliphatic rings. The Balaban J connectivity index is 1.43. The van der Waals surface area contributed by atoms with E-state index < -0.39 is 98.4 Å². The minimum absolute atomic E-state index is 0.0545. The van der Waals surface area contributed by atoms with E-state index in [0.29, 0.717) is 30.4 Å². The quantitative estimate of drug-likeness (QED) is 0.213. The standard InChI is InChI=1S/C36H50FN5O11S/c1-7-8-14-36(49,39-32(47)53-34(4,5)6)31(46)42-18-23(52-33(48)41-17-22-10-9-11-27(37)25(22)19-41)15-28(42)29(44)38-35(16-26(35)20(2)21(3)43)30(45)40-54(50,51)24-12-13-24/h9-11,20,23-24,26,28,49H,7-8,12-19H2,1-6H3,(H,38,44)(H,39,47)(H,40,45). The van der Waals surface area contributed by atoms with Crippen molar-refractivity contribution in [3.05, 3.63) is 35.1 Å². The van der Waals surface area contributed by atoms with Gasteiger partial charge < -0.3 is 24.8 Å². The summed E-state index contributed by atoms with van der Waals surface area (Å²) >= 11 is 0. The van der Waals surface area contributed by atoms with Crippen LogP contribution in [0.3, 0.4) is 0 Å². The summed E-state index contributed by atoms with van der Waals surface area (Å²) < 4.78 is 53.1. The van der Waals surface area contributed by atoms with Crippen LogP contribution in [0.1, 0.15) is 97.6 Å². The van der Waals surface area contributed by atoms with Crippen LogP contribution < -0.4 is 15.4 Å². The molecule has 5 rings (SSSR count). The number of ketones is 1. The molecule has 54 heavy (non-hydrogen) atoms. The molecule has 1 aromatic rings. The molecule has 0 spiro atoms. The topological polar surface area (TPSA) is 218 Å². The van der Waals surface area contributed by atoms with Gasteiger partial charge in [0.2, 0.25) is 21.7 Å². The Morgan fingerprint density at radius 2 is 1.80 bits per heavy atom. The zero-order valence-corrected chi connectivity index (χ0v) is 32.2. The number of hydrogen-bond acceptors (Lipinski definition) is 11. The molecule has 2 heterocycles. The van der Waals surface area contributed by atoms with E-state index in [0.717, 1.165) is 4.90 Å². The average Bonchev–Trinajstić information content (AvgIpc) is 3.97. The monoisotopic (exact) mass is 779 g/mol. The number of alkyl carbamates (subject to hydrolysis) is 1. The van der Waals surface area contributed by atoms with Gasteiger partial charge in [-0.2, -0.15) is 0 Å². The van der Waals surface area contributed by atoms with Crippen LogP contribution in [0.2, 0.25) is 0 Å². The number of sulfonamides is 1. The van der Waals surface area contributed by atoms with Gasteiger partial charge in [-0.15, -0.1) is 0 Å². The molecule has 2 aliphatic carbocycles. The van der Waals surface area contributed by atoms with E-state index in [4.69, 9.17) is 9.47 Å². The maximum atomic E-state index is 14.4. The number of halogens is 1. The Kier molecular flexibility index (Phi) is 11.4. The lowest BCUT2D eigenvalue weighted by Crippen LogP contribution is -2.63. The van der Waals surface area contributed by atoms with Crippen LogP contribution in [0.4, 0.5) is 14.0 Å². The Bertz CT molecular complexity index is 1820. The fraction of sp³-hybridized carbons (Fsp3) is 0.667. The molecule has 2 saturated carbocycles. The fourth-order valence-corrected chi connectivity index (χ4v) is 8.43. The van der Waals surface area contributed by atoms with Crippen molar-refractivity contribution in [1.82, 2.24) is 25.2 Å². The number of aliphatic hydroxyl groups is 1. The fourth-order valence-electron chi connectivity index (χ4n) is 7.07. The maximum absolute atomic E-state index is 14.4. The van der Waals surface area contributed by atoms with Gasteiger partial charge in [-0.1, -0.05) is 32.4 Å². The SMILES string of the molecule is CCCCC(O)(NC(=O)OC(C)(C)C)C(=O)N1CC(OC(=O)N2Cc3cccc(F)c3C2)CC1C(=O)NC1(C(=O)NS(=O)(=O)C2CC2)CC1C(C)C(C)=O. The van der Waals surface area contributed by atoms with E-state index in [-0.39, 0.29) is 44.6 Å². The third-order valence-electron chi connectivity index (χ3n) is 10.4. The highest BCUT2D eigenvalue weighted by Crippen LogP contribution is 2.50. The van der Waals surface area contributed by atoms with E-state index in [9.17, 15) is 46.7 Å². The van der Waals surface area contributed by atoms with Crippen molar-refractivity contribution < 1.29 is 56.2 Å². The number of likely N-dealkylation sites (tertiary alicyclic amines) is 1. The van der Waals surface area contributed by atoms with Gasteiger partial charge in [0.25, 0.3) is 11.8 Å². The summed E-state index contributed by atoms with van der Waals surface area (Å²) in [6, 6.07) is 2.97. The summed E-state index contributed by atoms with van der Waals surface area (Å²) in [5, 5.41) is 15.9. The largest absolute Gasteiger partial charge is 0.444 e. The number of unbranched alkanes of at least 4 members (excludes halogenated alkanes) is 1. The van der Waals surface area contributed by atoms with Crippen molar-refractivity contribution >= 4 is 45.7 Å². The van der Waals surface area contributed by atoms with Gasteiger partial charge in [0.15, 0.2) is 0 Å². The Labute approximate surface area is 313 Å². The Hall–Kier alpha value is -4.32. The predicted molar refractivity (Wildman–Crippen MR) is 189 cm³/mol. The minimum Gasteiger partial charge on any atom is -0.444 e. The lowest BCUT2D eigenvalue weighted by atomic mass is 9.97. The molecular weight excluding hydrogens is 729 g/mol. The van der Waals surface area contributed by atoms with Crippen molar-refractivity contribution in [3.63, 3.8) is 0 Å². The smallest absolute Gasteiger partial charge is 0.410 e. The van der Waals surface area contributed by atoms with Crippen molar-refractivity contribution in [2.24, 2.45) is 11.8 Å². The number of benzene rings is 1. The average molecular weight is 780 g/mol. The zero-order chi connectivity index (χ0) is 40.0. The van der Waals surface area contributed by atoms with E-state index in [1.165, 1.54) is 24.0 Å². The first kappa shape index (κ1) is 40.9. The lowest BCUT2D eigenvalue weighted by Gasteiger charge is -2.35. The summed E-state index contributed by atoms with van der Waals surface area (Å²) in [5.74, 6) is -5.38. The van der Waals surface area contributed by atoms with Crippen molar-refractivity contribution in [3.8, 4) is 0 Å². The van der Waals surface area contributed by atoms with Gasteiger partial charge in [0.1, 0.15) is 34.9 Å². The van der Waals surface area contributed by atoms with Gasteiger partial charge in [-0.05, 0) is 65.0 Å². The molecule has 1 saturated heterocycles. The van der Waals surface area contributed by atoms with E-state index >= 15 is 0 Å². The molecule has 5 amide bonds. The number of carbonyl (C=O) groups is 6. The number of fused-ring (bicyclic) bond motifs is 1. The second-order valence-corrected chi connectivity index (χ2v) is 17.8. The number of nitrogens with zero attached hydrogens (tertiary/aromatic N) is 2. The number of amides is 5. The van der Waals surface area contributed by atoms with E-state index in [1.54, 1.807) is 40.7 Å². The number of Topliss-reactive ketones (excluding diaryl/α,β-unsaturated/α-hetero) is 1. The highest BCUT2D eigenvalue weighted by Gasteiger charge is 2.65. The third-order valence-corrected chi connectivity index (χ3v) is 12.3. The second kappa shape index (κ2) is 15.1. The molecular formula is C36H50FN5O11S. The van der Waals surface area contributed by atoms with Crippen LogP contribution in [0.15, 0.2) is 18.2 Å². The summed E-state index contributed by atoms with van der Waals surface area (Å²) in [7, 11) is -4.05. The molecule has 1 aromatic carbocycles. The number of ether oxygens (including phenoxy) is 2. The number of hydrogen-bond donors (Lipinski definition) is 4. The van der Waals surface area contributed by atoms with Crippen molar-refractivity contribution in [1.29, 1.82) is 0 Å².